The number of anilines is 1. The fraction of sp³-hybridized carbons (Fsp3) is 0.333. The molecule has 90 valence electrons. The van der Waals surface area contributed by atoms with Crippen molar-refractivity contribution in [1.29, 1.82) is 0 Å². The maximum Gasteiger partial charge on any atom is 0.293 e. The summed E-state index contributed by atoms with van der Waals surface area (Å²) in [5.74, 6) is 0. The summed E-state index contributed by atoms with van der Waals surface area (Å²) in [5.41, 5.74) is 2.12. The second-order valence-corrected chi connectivity index (χ2v) is 5.07. The predicted octanol–water partition coefficient (Wildman–Crippen LogP) is 3.51. The molecule has 17 heavy (non-hydrogen) atoms. The van der Waals surface area contributed by atoms with E-state index in [0.29, 0.717) is 5.69 Å². The Kier molecular flexibility index (Phi) is 3.47. The zero-order chi connectivity index (χ0) is 12.4. The molecule has 4 nitrogen and oxygen atoms in total. The number of hydrogen-bond acceptors (Lipinski definition) is 3. The van der Waals surface area contributed by atoms with Crippen LogP contribution >= 0.6 is 15.9 Å². The zero-order valence-electron chi connectivity index (χ0n) is 9.52. The normalized spacial score (nSPS) is 15.6. The minimum Gasteiger partial charge on any atom is -0.362 e. The number of rotatable bonds is 2. The molecule has 0 aliphatic carbocycles. The highest BCUT2D eigenvalue weighted by Gasteiger charge is 2.21. The maximum atomic E-state index is 11.0. The van der Waals surface area contributed by atoms with E-state index in [1.165, 1.54) is 5.57 Å². The lowest BCUT2D eigenvalue weighted by atomic mass is 10.1. The topological polar surface area (TPSA) is 46.4 Å². The second-order valence-electron chi connectivity index (χ2n) is 4.15. The van der Waals surface area contributed by atoms with Crippen molar-refractivity contribution in [1.82, 2.24) is 0 Å². The first-order chi connectivity index (χ1) is 8.08. The fourth-order valence-electron chi connectivity index (χ4n) is 2.03. The molecular weight excluding hydrogens is 284 g/mol. The van der Waals surface area contributed by atoms with E-state index >= 15 is 0 Å². The summed E-state index contributed by atoms with van der Waals surface area (Å²) < 4.78 is 0.734. The average molecular weight is 297 g/mol. The van der Waals surface area contributed by atoms with Crippen molar-refractivity contribution < 1.29 is 4.92 Å². The van der Waals surface area contributed by atoms with Gasteiger partial charge in [-0.25, -0.2) is 0 Å². The van der Waals surface area contributed by atoms with Crippen LogP contribution < -0.4 is 4.90 Å². The van der Waals surface area contributed by atoms with Gasteiger partial charge in [0.15, 0.2) is 0 Å². The molecule has 0 N–H and O–H groups in total. The molecule has 0 radical (unpaired) electrons. The van der Waals surface area contributed by atoms with Crippen LogP contribution in [-0.2, 0) is 0 Å². The van der Waals surface area contributed by atoms with Crippen LogP contribution in [0.3, 0.4) is 0 Å². The van der Waals surface area contributed by atoms with Crippen LogP contribution in [0, 0.1) is 10.1 Å². The van der Waals surface area contributed by atoms with Crippen molar-refractivity contribution in [2.45, 2.75) is 13.3 Å². The van der Waals surface area contributed by atoms with Crippen molar-refractivity contribution in [3.8, 4) is 0 Å². The number of halogens is 1. The van der Waals surface area contributed by atoms with Gasteiger partial charge in [0.05, 0.1) is 4.92 Å². The van der Waals surface area contributed by atoms with Crippen LogP contribution in [-0.4, -0.2) is 18.0 Å². The summed E-state index contributed by atoms with van der Waals surface area (Å²) in [6, 6.07) is 5.21. The van der Waals surface area contributed by atoms with Gasteiger partial charge in [-0.2, -0.15) is 0 Å². The smallest absolute Gasteiger partial charge is 0.293 e. The van der Waals surface area contributed by atoms with Crippen molar-refractivity contribution in [3.05, 3.63) is 44.4 Å². The summed E-state index contributed by atoms with van der Waals surface area (Å²) in [6.45, 7) is 3.65. The van der Waals surface area contributed by atoms with Gasteiger partial charge in [0.25, 0.3) is 5.69 Å². The van der Waals surface area contributed by atoms with Crippen molar-refractivity contribution in [3.63, 3.8) is 0 Å². The standard InChI is InChI=1S/C12H13BrN2O2/c1-9-3-2-6-14(8-9)11-5-4-10(13)7-12(11)15(16)17/h3-5,7H,2,6,8H2,1H3. The van der Waals surface area contributed by atoms with E-state index in [0.717, 1.165) is 24.0 Å². The van der Waals surface area contributed by atoms with Gasteiger partial charge in [0.1, 0.15) is 5.69 Å². The summed E-state index contributed by atoms with van der Waals surface area (Å²) >= 11 is 3.27. The molecular formula is C12H13BrN2O2. The molecule has 0 atom stereocenters. The molecule has 0 aromatic heterocycles. The van der Waals surface area contributed by atoms with Gasteiger partial charge >= 0.3 is 0 Å². The Morgan fingerprint density at radius 3 is 2.88 bits per heavy atom. The van der Waals surface area contributed by atoms with Crippen molar-refractivity contribution in [2.75, 3.05) is 18.0 Å². The third kappa shape index (κ3) is 2.66. The molecule has 0 saturated heterocycles. The van der Waals surface area contributed by atoms with Crippen LogP contribution in [0.25, 0.3) is 0 Å². The van der Waals surface area contributed by atoms with E-state index in [4.69, 9.17) is 0 Å². The van der Waals surface area contributed by atoms with Crippen LogP contribution in [0.4, 0.5) is 11.4 Å². The van der Waals surface area contributed by atoms with Crippen LogP contribution in [0.15, 0.2) is 34.3 Å². The monoisotopic (exact) mass is 296 g/mol. The minimum atomic E-state index is -0.326. The zero-order valence-corrected chi connectivity index (χ0v) is 11.1. The molecule has 0 bridgehead atoms. The average Bonchev–Trinajstić information content (AvgIpc) is 2.28. The Balaban J connectivity index is 2.38. The summed E-state index contributed by atoms with van der Waals surface area (Å²) in [5, 5.41) is 11.0. The van der Waals surface area contributed by atoms with Gasteiger partial charge in [-0.3, -0.25) is 10.1 Å². The van der Waals surface area contributed by atoms with E-state index in [1.807, 2.05) is 6.07 Å². The molecule has 0 saturated carbocycles. The molecule has 0 amide bonds. The van der Waals surface area contributed by atoms with Gasteiger partial charge in [-0.05, 0) is 25.5 Å². The van der Waals surface area contributed by atoms with Crippen molar-refractivity contribution >= 4 is 27.3 Å². The highest BCUT2D eigenvalue weighted by atomic mass is 79.9. The summed E-state index contributed by atoms with van der Waals surface area (Å²) in [6.07, 6.45) is 3.13. The van der Waals surface area contributed by atoms with E-state index in [1.54, 1.807) is 12.1 Å². The first-order valence-electron chi connectivity index (χ1n) is 5.42. The molecule has 0 unspecified atom stereocenters. The van der Waals surface area contributed by atoms with Crippen LogP contribution in [0.1, 0.15) is 13.3 Å². The van der Waals surface area contributed by atoms with Gasteiger partial charge in [-0.1, -0.05) is 27.6 Å². The first-order valence-corrected chi connectivity index (χ1v) is 6.22. The van der Waals surface area contributed by atoms with Gasteiger partial charge < -0.3 is 4.90 Å². The highest BCUT2D eigenvalue weighted by Crippen LogP contribution is 2.32. The molecule has 0 fully saturated rings. The predicted molar refractivity (Wildman–Crippen MR) is 71.4 cm³/mol. The minimum absolute atomic E-state index is 0.161. The summed E-state index contributed by atoms with van der Waals surface area (Å²) in [7, 11) is 0. The molecule has 1 heterocycles. The lowest BCUT2D eigenvalue weighted by Crippen LogP contribution is -2.29. The number of hydrogen-bond donors (Lipinski definition) is 0. The van der Waals surface area contributed by atoms with Crippen molar-refractivity contribution in [2.24, 2.45) is 0 Å². The fourth-order valence-corrected chi connectivity index (χ4v) is 2.38. The molecule has 1 aliphatic rings. The number of nitro benzene ring substituents is 1. The van der Waals surface area contributed by atoms with E-state index < -0.39 is 0 Å². The largest absolute Gasteiger partial charge is 0.362 e. The third-order valence-electron chi connectivity index (χ3n) is 2.81. The molecule has 2 rings (SSSR count). The Morgan fingerprint density at radius 1 is 1.47 bits per heavy atom. The van der Waals surface area contributed by atoms with E-state index in [-0.39, 0.29) is 10.6 Å². The molecule has 1 aromatic rings. The number of nitrogens with zero attached hydrogens (tertiary/aromatic N) is 2. The Hall–Kier alpha value is -1.36. The lowest BCUT2D eigenvalue weighted by molar-refractivity contribution is -0.384. The molecule has 5 heteroatoms. The SMILES string of the molecule is CC1=CCCN(c2ccc(Br)cc2[N+](=O)[O-])C1. The quantitative estimate of drug-likeness (QED) is 0.477. The van der Waals surface area contributed by atoms with E-state index in [9.17, 15) is 10.1 Å². The van der Waals surface area contributed by atoms with Crippen LogP contribution in [0.2, 0.25) is 0 Å². The van der Waals surface area contributed by atoms with Crippen LogP contribution in [0.5, 0.6) is 0 Å². The number of nitro groups is 1. The lowest BCUT2D eigenvalue weighted by Gasteiger charge is -2.27. The molecule has 0 spiro atoms. The Labute approximate surface area is 108 Å². The van der Waals surface area contributed by atoms with Gasteiger partial charge in [-0.15, -0.1) is 0 Å². The Morgan fingerprint density at radius 2 is 2.24 bits per heavy atom. The second kappa shape index (κ2) is 4.87. The Bertz CT molecular complexity index is 485. The maximum absolute atomic E-state index is 11.0. The van der Waals surface area contributed by atoms with Gasteiger partial charge in [0.2, 0.25) is 0 Å². The first kappa shape index (κ1) is 12.1. The van der Waals surface area contributed by atoms with E-state index in [2.05, 4.69) is 33.8 Å². The summed E-state index contributed by atoms with van der Waals surface area (Å²) in [4.78, 5) is 12.8. The van der Waals surface area contributed by atoms with Gasteiger partial charge in [0, 0.05) is 23.6 Å². The third-order valence-corrected chi connectivity index (χ3v) is 3.30. The highest BCUT2D eigenvalue weighted by molar-refractivity contribution is 9.10. The molecule has 1 aromatic carbocycles. The number of benzene rings is 1. The molecule has 1 aliphatic heterocycles.